The topological polar surface area (TPSA) is 39.1 Å². The molecule has 0 radical (unpaired) electrons. The maximum atomic E-state index is 6.10. The average molecular weight is 411 g/mol. The summed E-state index contributed by atoms with van der Waals surface area (Å²) in [5, 5.41) is 5.11. The fraction of sp³-hybridized carbons (Fsp3) is 0.211. The van der Waals surface area contributed by atoms with Gasteiger partial charge in [-0.25, -0.2) is 4.98 Å². The number of nitrogens with zero attached hydrogens (tertiary/aromatic N) is 2. The lowest BCUT2D eigenvalue weighted by atomic mass is 10.2. The molecule has 1 unspecified atom stereocenters. The third kappa shape index (κ3) is 5.64. The predicted molar refractivity (Wildman–Crippen MR) is 107 cm³/mol. The van der Waals surface area contributed by atoms with Gasteiger partial charge in [0.15, 0.2) is 0 Å². The molecule has 26 heavy (non-hydrogen) atoms. The largest absolute Gasteiger partial charge is 0.382 e. The molecule has 1 aromatic heterocycles. The average Bonchev–Trinajstić information content (AvgIpc) is 3.14. The molecule has 1 heterocycles. The van der Waals surface area contributed by atoms with Crippen LogP contribution < -0.4 is 5.32 Å². The van der Waals surface area contributed by atoms with E-state index >= 15 is 0 Å². The molecule has 0 fully saturated rings. The Morgan fingerprint density at radius 3 is 2.54 bits per heavy atom. The number of hydrogen-bond donors (Lipinski definition) is 1. The minimum Gasteiger partial charge on any atom is -0.382 e. The minimum atomic E-state index is -0.0608. The zero-order chi connectivity index (χ0) is 18.4. The number of rotatable bonds is 8. The van der Waals surface area contributed by atoms with Crippen LogP contribution in [0.25, 0.3) is 0 Å². The number of benzene rings is 2. The highest BCUT2D eigenvalue weighted by Crippen LogP contribution is 2.25. The molecule has 3 rings (SSSR count). The Kier molecular flexibility index (Phi) is 6.80. The Bertz CT molecular complexity index is 823. The lowest BCUT2D eigenvalue weighted by Crippen LogP contribution is -2.28. The lowest BCUT2D eigenvalue weighted by molar-refractivity contribution is 0.0379. The molecule has 0 bridgehead atoms. The zero-order valence-corrected chi connectivity index (χ0v) is 16.2. The standard InChI is InChI=1S/C19H18Cl3N3O/c20-15-3-1-14(2-4-15)12-26-17(11-25-8-7-23-13-25)10-24-16-5-6-18(21)19(22)9-16/h1-9,13,17,24H,10-12H2. The molecule has 0 saturated carbocycles. The molecule has 1 atom stereocenters. The van der Waals surface area contributed by atoms with Gasteiger partial charge in [0, 0.05) is 29.6 Å². The van der Waals surface area contributed by atoms with Crippen molar-refractivity contribution in [3.8, 4) is 0 Å². The molecule has 0 aliphatic heterocycles. The van der Waals surface area contributed by atoms with E-state index in [0.29, 0.717) is 34.8 Å². The molecule has 136 valence electrons. The Labute approximate surface area is 167 Å². The van der Waals surface area contributed by atoms with Crippen molar-refractivity contribution in [1.82, 2.24) is 9.55 Å². The van der Waals surface area contributed by atoms with Crippen molar-refractivity contribution in [3.05, 3.63) is 81.8 Å². The molecule has 3 aromatic rings. The van der Waals surface area contributed by atoms with Gasteiger partial charge in [0.2, 0.25) is 0 Å². The normalized spacial score (nSPS) is 12.1. The molecule has 4 nitrogen and oxygen atoms in total. The number of ether oxygens (including phenoxy) is 1. The van der Waals surface area contributed by atoms with Crippen LogP contribution in [0.5, 0.6) is 0 Å². The van der Waals surface area contributed by atoms with Crippen molar-refractivity contribution in [3.63, 3.8) is 0 Å². The third-order valence-electron chi connectivity index (χ3n) is 3.83. The van der Waals surface area contributed by atoms with Crippen molar-refractivity contribution in [2.75, 3.05) is 11.9 Å². The molecule has 0 aliphatic carbocycles. The van der Waals surface area contributed by atoms with Crippen LogP contribution in [0.1, 0.15) is 5.56 Å². The lowest BCUT2D eigenvalue weighted by Gasteiger charge is -2.20. The first kappa shape index (κ1) is 19.1. The smallest absolute Gasteiger partial charge is 0.0946 e. The van der Waals surface area contributed by atoms with Gasteiger partial charge in [-0.05, 0) is 35.9 Å². The van der Waals surface area contributed by atoms with Crippen molar-refractivity contribution < 1.29 is 4.74 Å². The van der Waals surface area contributed by atoms with Crippen LogP contribution in [0, 0.1) is 0 Å². The number of anilines is 1. The SMILES string of the molecule is Clc1ccc(COC(CNc2ccc(Cl)c(Cl)c2)Cn2ccnc2)cc1. The number of hydrogen-bond acceptors (Lipinski definition) is 3. The minimum absolute atomic E-state index is 0.0608. The first-order valence-corrected chi connectivity index (χ1v) is 9.24. The summed E-state index contributed by atoms with van der Waals surface area (Å²) in [7, 11) is 0. The van der Waals surface area contributed by atoms with E-state index in [1.165, 1.54) is 0 Å². The highest BCUT2D eigenvalue weighted by Gasteiger charge is 2.11. The monoisotopic (exact) mass is 409 g/mol. The van der Waals surface area contributed by atoms with E-state index in [1.54, 1.807) is 24.7 Å². The number of imidazole rings is 1. The molecule has 0 aliphatic rings. The Hall–Kier alpha value is -1.72. The summed E-state index contributed by atoms with van der Waals surface area (Å²) in [6, 6.07) is 13.1. The summed E-state index contributed by atoms with van der Waals surface area (Å²) < 4.78 is 8.09. The van der Waals surface area contributed by atoms with Gasteiger partial charge in [-0.15, -0.1) is 0 Å². The quantitative estimate of drug-likeness (QED) is 0.530. The predicted octanol–water partition coefficient (Wildman–Crippen LogP) is 5.54. The fourth-order valence-electron chi connectivity index (χ4n) is 2.44. The maximum Gasteiger partial charge on any atom is 0.0946 e. The zero-order valence-electron chi connectivity index (χ0n) is 13.9. The van der Waals surface area contributed by atoms with Gasteiger partial charge in [-0.2, -0.15) is 0 Å². The number of nitrogens with one attached hydrogen (secondary N) is 1. The van der Waals surface area contributed by atoms with Crippen LogP contribution in [0.4, 0.5) is 5.69 Å². The van der Waals surface area contributed by atoms with Gasteiger partial charge in [-0.1, -0.05) is 46.9 Å². The Morgan fingerprint density at radius 1 is 1.04 bits per heavy atom. The Balaban J connectivity index is 1.62. The van der Waals surface area contributed by atoms with E-state index in [1.807, 2.05) is 41.1 Å². The summed E-state index contributed by atoms with van der Waals surface area (Å²) in [5.41, 5.74) is 1.96. The molecule has 0 spiro atoms. The van der Waals surface area contributed by atoms with Gasteiger partial charge in [0.05, 0.1) is 35.6 Å². The van der Waals surface area contributed by atoms with E-state index < -0.39 is 0 Å². The van der Waals surface area contributed by atoms with E-state index in [4.69, 9.17) is 39.5 Å². The number of aromatic nitrogens is 2. The van der Waals surface area contributed by atoms with Gasteiger partial charge in [0.1, 0.15) is 0 Å². The second kappa shape index (κ2) is 9.28. The molecule has 0 saturated heterocycles. The second-order valence-electron chi connectivity index (χ2n) is 5.83. The summed E-state index contributed by atoms with van der Waals surface area (Å²) in [5.74, 6) is 0. The molecular weight excluding hydrogens is 393 g/mol. The maximum absolute atomic E-state index is 6.10. The van der Waals surface area contributed by atoms with Crippen molar-refractivity contribution in [2.45, 2.75) is 19.3 Å². The van der Waals surface area contributed by atoms with Crippen LogP contribution in [0.3, 0.4) is 0 Å². The third-order valence-corrected chi connectivity index (χ3v) is 4.82. The van der Waals surface area contributed by atoms with E-state index in [0.717, 1.165) is 11.3 Å². The molecule has 0 amide bonds. The van der Waals surface area contributed by atoms with Crippen LogP contribution in [0.2, 0.25) is 15.1 Å². The Morgan fingerprint density at radius 2 is 1.85 bits per heavy atom. The highest BCUT2D eigenvalue weighted by molar-refractivity contribution is 6.42. The van der Waals surface area contributed by atoms with Crippen LogP contribution in [0.15, 0.2) is 61.2 Å². The van der Waals surface area contributed by atoms with Gasteiger partial charge >= 0.3 is 0 Å². The summed E-state index contributed by atoms with van der Waals surface area (Å²) in [6.07, 6.45) is 5.38. The fourth-order valence-corrected chi connectivity index (χ4v) is 2.86. The highest BCUT2D eigenvalue weighted by atomic mass is 35.5. The number of halogens is 3. The van der Waals surface area contributed by atoms with Gasteiger partial charge in [0.25, 0.3) is 0 Å². The summed E-state index contributed by atoms with van der Waals surface area (Å²) in [4.78, 5) is 4.08. The first-order chi connectivity index (χ1) is 12.6. The molecule has 1 N–H and O–H groups in total. The van der Waals surface area contributed by atoms with Gasteiger partial charge in [-0.3, -0.25) is 0 Å². The molecule has 7 heteroatoms. The van der Waals surface area contributed by atoms with Crippen LogP contribution in [-0.4, -0.2) is 22.2 Å². The van der Waals surface area contributed by atoms with E-state index in [-0.39, 0.29) is 6.10 Å². The van der Waals surface area contributed by atoms with Crippen molar-refractivity contribution >= 4 is 40.5 Å². The van der Waals surface area contributed by atoms with E-state index in [2.05, 4.69) is 10.3 Å². The first-order valence-electron chi connectivity index (χ1n) is 8.11. The van der Waals surface area contributed by atoms with E-state index in [9.17, 15) is 0 Å². The second-order valence-corrected chi connectivity index (χ2v) is 7.08. The molecular formula is C19H18Cl3N3O. The van der Waals surface area contributed by atoms with Crippen LogP contribution >= 0.6 is 34.8 Å². The van der Waals surface area contributed by atoms with Crippen molar-refractivity contribution in [2.24, 2.45) is 0 Å². The van der Waals surface area contributed by atoms with Crippen LogP contribution in [-0.2, 0) is 17.9 Å². The summed E-state index contributed by atoms with van der Waals surface area (Å²) >= 11 is 18.0. The van der Waals surface area contributed by atoms with Crippen molar-refractivity contribution in [1.29, 1.82) is 0 Å². The summed E-state index contributed by atoms with van der Waals surface area (Å²) in [6.45, 7) is 1.80. The molecule has 2 aromatic carbocycles. The van der Waals surface area contributed by atoms with Gasteiger partial charge < -0.3 is 14.6 Å².